The molecule has 0 aromatic carbocycles. The molecule has 0 unspecified atom stereocenters. The van der Waals surface area contributed by atoms with Gasteiger partial charge in [0.25, 0.3) is 5.56 Å². The molecule has 2 aliphatic heterocycles. The third kappa shape index (κ3) is 3.67. The lowest BCUT2D eigenvalue weighted by Crippen LogP contribution is -2.39. The summed E-state index contributed by atoms with van der Waals surface area (Å²) in [5.41, 5.74) is 4.37. The fourth-order valence-corrected chi connectivity index (χ4v) is 4.57. The zero-order chi connectivity index (χ0) is 22.2. The quantitative estimate of drug-likeness (QED) is 0.627. The van der Waals surface area contributed by atoms with Crippen molar-refractivity contribution in [3.8, 4) is 11.9 Å². The van der Waals surface area contributed by atoms with E-state index in [1.54, 1.807) is 21.5 Å². The maximum absolute atomic E-state index is 12.6. The average molecular weight is 432 g/mol. The van der Waals surface area contributed by atoms with Crippen LogP contribution in [-0.2, 0) is 17.8 Å². The molecule has 164 valence electrons. The van der Waals surface area contributed by atoms with Gasteiger partial charge < -0.3 is 9.64 Å². The van der Waals surface area contributed by atoms with E-state index in [9.17, 15) is 10.1 Å². The molecule has 0 aliphatic carbocycles. The molecule has 9 nitrogen and oxygen atoms in total. The Labute approximate surface area is 185 Å². The smallest absolute Gasteiger partial charge is 0.267 e. The second kappa shape index (κ2) is 8.20. The van der Waals surface area contributed by atoms with Gasteiger partial charge in [0.2, 0.25) is 0 Å². The van der Waals surface area contributed by atoms with Crippen LogP contribution in [0.1, 0.15) is 47.1 Å². The first-order valence-electron chi connectivity index (χ1n) is 10.9. The van der Waals surface area contributed by atoms with E-state index >= 15 is 0 Å². The van der Waals surface area contributed by atoms with E-state index in [4.69, 9.17) is 9.72 Å². The highest BCUT2D eigenvalue weighted by molar-refractivity contribution is 5.56. The van der Waals surface area contributed by atoms with E-state index in [1.807, 2.05) is 26.0 Å². The Bertz CT molecular complexity index is 1260. The van der Waals surface area contributed by atoms with Crippen molar-refractivity contribution in [1.29, 1.82) is 5.26 Å². The lowest BCUT2D eigenvalue weighted by atomic mass is 10.0. The summed E-state index contributed by atoms with van der Waals surface area (Å²) in [4.78, 5) is 19.6. The number of nitriles is 1. The molecular formula is C23H25N7O2. The average Bonchev–Trinajstić information content (AvgIpc) is 3.16. The number of fused-ring (bicyclic) bond motifs is 1. The maximum atomic E-state index is 12.6. The summed E-state index contributed by atoms with van der Waals surface area (Å²) in [5.74, 6) is 1.38. The van der Waals surface area contributed by atoms with Crippen molar-refractivity contribution in [3.05, 3.63) is 62.8 Å². The molecule has 0 spiro atoms. The van der Waals surface area contributed by atoms with Crippen molar-refractivity contribution in [2.45, 2.75) is 45.8 Å². The third-order valence-electron chi connectivity index (χ3n) is 6.18. The van der Waals surface area contributed by atoms with Crippen LogP contribution in [0.25, 0.3) is 5.82 Å². The van der Waals surface area contributed by atoms with Gasteiger partial charge in [0, 0.05) is 36.8 Å². The van der Waals surface area contributed by atoms with E-state index in [0.29, 0.717) is 37.7 Å². The summed E-state index contributed by atoms with van der Waals surface area (Å²) in [6.07, 6.45) is 2.27. The molecule has 9 heteroatoms. The summed E-state index contributed by atoms with van der Waals surface area (Å²) in [7, 11) is 0. The van der Waals surface area contributed by atoms with Gasteiger partial charge in [-0.25, -0.2) is 14.3 Å². The number of rotatable bonds is 3. The first-order valence-corrected chi connectivity index (χ1v) is 10.9. The fourth-order valence-electron chi connectivity index (χ4n) is 4.57. The summed E-state index contributed by atoms with van der Waals surface area (Å²) in [5, 5.41) is 18.8. The van der Waals surface area contributed by atoms with Crippen LogP contribution in [0, 0.1) is 25.2 Å². The first-order chi connectivity index (χ1) is 15.5. The number of pyridine rings is 1. The van der Waals surface area contributed by atoms with Crippen LogP contribution in [-0.4, -0.2) is 44.2 Å². The molecule has 32 heavy (non-hydrogen) atoms. The van der Waals surface area contributed by atoms with Crippen LogP contribution in [0.4, 0.5) is 5.82 Å². The van der Waals surface area contributed by atoms with Crippen molar-refractivity contribution < 1.29 is 4.74 Å². The number of nitrogens with zero attached hydrogens (tertiary/aromatic N) is 7. The van der Waals surface area contributed by atoms with E-state index in [0.717, 1.165) is 47.7 Å². The molecule has 3 aromatic heterocycles. The highest BCUT2D eigenvalue weighted by atomic mass is 16.5. The first kappa shape index (κ1) is 20.4. The molecule has 1 fully saturated rings. The molecule has 5 heterocycles. The number of aromatic nitrogens is 5. The van der Waals surface area contributed by atoms with Gasteiger partial charge in [0.1, 0.15) is 11.9 Å². The Kier molecular flexibility index (Phi) is 5.23. The van der Waals surface area contributed by atoms with Crippen LogP contribution in [0.15, 0.2) is 29.1 Å². The van der Waals surface area contributed by atoms with Crippen molar-refractivity contribution in [2.75, 3.05) is 24.6 Å². The van der Waals surface area contributed by atoms with Crippen LogP contribution in [0.5, 0.6) is 0 Å². The summed E-state index contributed by atoms with van der Waals surface area (Å²) in [6.45, 7) is 6.50. The standard InChI is InChI=1S/C23H25N7O2/c1-15-11-16(2)29(26-15)21-3-4-22(31)30(27-21)19-5-8-28(9-6-19)23-17(13-24)12-18-14-32-10-7-20(18)25-23/h3-4,11-12,19H,5-10,14H2,1-2H3. The second-order valence-electron chi connectivity index (χ2n) is 8.41. The van der Waals surface area contributed by atoms with Gasteiger partial charge in [0.15, 0.2) is 5.82 Å². The van der Waals surface area contributed by atoms with Crippen molar-refractivity contribution in [1.82, 2.24) is 24.5 Å². The van der Waals surface area contributed by atoms with Crippen LogP contribution in [0.2, 0.25) is 0 Å². The topological polar surface area (TPSA) is 102 Å². The van der Waals surface area contributed by atoms with Crippen LogP contribution < -0.4 is 10.5 Å². The fraction of sp³-hybridized carbons (Fsp3) is 0.435. The highest BCUT2D eigenvalue weighted by Crippen LogP contribution is 2.29. The number of anilines is 1. The number of hydrogen-bond donors (Lipinski definition) is 0. The number of ether oxygens (including phenoxy) is 1. The minimum absolute atomic E-state index is 0.00720. The molecule has 1 saturated heterocycles. The lowest BCUT2D eigenvalue weighted by Gasteiger charge is -2.34. The van der Waals surface area contributed by atoms with E-state index in [2.05, 4.69) is 21.2 Å². The monoisotopic (exact) mass is 431 g/mol. The molecule has 0 radical (unpaired) electrons. The van der Waals surface area contributed by atoms with E-state index in [-0.39, 0.29) is 11.6 Å². The van der Waals surface area contributed by atoms with Gasteiger partial charge in [0.05, 0.1) is 36.2 Å². The molecule has 0 saturated carbocycles. The molecular weight excluding hydrogens is 406 g/mol. The molecule has 0 atom stereocenters. The lowest BCUT2D eigenvalue weighted by molar-refractivity contribution is 0.109. The zero-order valence-corrected chi connectivity index (χ0v) is 18.3. The molecule has 5 rings (SSSR count). The molecule has 0 bridgehead atoms. The minimum atomic E-state index is -0.113. The molecule has 2 aliphatic rings. The number of aryl methyl sites for hydroxylation is 2. The van der Waals surface area contributed by atoms with Crippen LogP contribution >= 0.6 is 0 Å². The Morgan fingerprint density at radius 2 is 1.97 bits per heavy atom. The normalized spacial score (nSPS) is 16.6. The van der Waals surface area contributed by atoms with Gasteiger partial charge >= 0.3 is 0 Å². The Morgan fingerprint density at radius 3 is 2.69 bits per heavy atom. The van der Waals surface area contributed by atoms with Gasteiger partial charge in [-0.05, 0) is 44.9 Å². The summed E-state index contributed by atoms with van der Waals surface area (Å²) >= 11 is 0. The predicted molar refractivity (Wildman–Crippen MR) is 118 cm³/mol. The highest BCUT2D eigenvalue weighted by Gasteiger charge is 2.26. The van der Waals surface area contributed by atoms with Gasteiger partial charge in [-0.15, -0.1) is 5.10 Å². The van der Waals surface area contributed by atoms with Crippen molar-refractivity contribution >= 4 is 5.82 Å². The van der Waals surface area contributed by atoms with Gasteiger partial charge in [-0.2, -0.15) is 10.4 Å². The Hall–Kier alpha value is -3.51. The SMILES string of the molecule is Cc1cc(C)n(-c2ccc(=O)n(C3CCN(c4nc5c(cc4C#N)COCC5)CC3)n2)n1. The number of hydrogen-bond acceptors (Lipinski definition) is 7. The molecule has 0 N–H and O–H groups in total. The number of piperidine rings is 1. The van der Waals surface area contributed by atoms with Gasteiger partial charge in [-0.3, -0.25) is 4.79 Å². The molecule has 0 amide bonds. The zero-order valence-electron chi connectivity index (χ0n) is 18.3. The Balaban J connectivity index is 1.38. The second-order valence-corrected chi connectivity index (χ2v) is 8.41. The largest absolute Gasteiger partial charge is 0.376 e. The van der Waals surface area contributed by atoms with Crippen molar-refractivity contribution in [3.63, 3.8) is 0 Å². The third-order valence-corrected chi connectivity index (χ3v) is 6.18. The van der Waals surface area contributed by atoms with Crippen molar-refractivity contribution in [2.24, 2.45) is 0 Å². The predicted octanol–water partition coefficient (Wildman–Crippen LogP) is 2.23. The van der Waals surface area contributed by atoms with Gasteiger partial charge in [-0.1, -0.05) is 0 Å². The minimum Gasteiger partial charge on any atom is -0.376 e. The van der Waals surface area contributed by atoms with Crippen LogP contribution in [0.3, 0.4) is 0 Å². The summed E-state index contributed by atoms with van der Waals surface area (Å²) < 4.78 is 8.85. The van der Waals surface area contributed by atoms with E-state index < -0.39 is 0 Å². The summed E-state index contributed by atoms with van der Waals surface area (Å²) in [6, 6.07) is 9.46. The maximum Gasteiger partial charge on any atom is 0.267 e. The van der Waals surface area contributed by atoms with E-state index in [1.165, 1.54) is 0 Å². The Morgan fingerprint density at radius 1 is 1.16 bits per heavy atom. The molecule has 3 aromatic rings.